The van der Waals surface area contributed by atoms with Gasteiger partial charge in [0.15, 0.2) is 0 Å². The van der Waals surface area contributed by atoms with Crippen molar-refractivity contribution in [2.24, 2.45) is 0 Å². The number of hydrogen-bond acceptors (Lipinski definition) is 4. The number of benzene rings is 2. The summed E-state index contributed by atoms with van der Waals surface area (Å²) in [7, 11) is 0. The summed E-state index contributed by atoms with van der Waals surface area (Å²) in [6, 6.07) is 19.3. The fourth-order valence-electron chi connectivity index (χ4n) is 4.09. The van der Waals surface area contributed by atoms with Gasteiger partial charge in [0.05, 0.1) is 19.2 Å². The molecule has 2 unspecified atom stereocenters. The Morgan fingerprint density at radius 2 is 1.81 bits per heavy atom. The van der Waals surface area contributed by atoms with E-state index in [0.717, 1.165) is 25.1 Å². The highest BCUT2D eigenvalue weighted by atomic mass is 16.3. The summed E-state index contributed by atoms with van der Waals surface area (Å²) in [6.07, 6.45) is 4.02. The number of rotatable bonds is 5. The normalized spacial score (nSPS) is 17.0. The summed E-state index contributed by atoms with van der Waals surface area (Å²) in [4.78, 5) is 6.38. The summed E-state index contributed by atoms with van der Waals surface area (Å²) in [5.41, 5.74) is 4.67. The molecule has 1 aromatic heterocycles. The van der Waals surface area contributed by atoms with Gasteiger partial charge in [0.25, 0.3) is 0 Å². The first-order valence-electron chi connectivity index (χ1n) is 10.6. The lowest BCUT2D eigenvalue weighted by atomic mass is 9.95. The summed E-state index contributed by atoms with van der Waals surface area (Å²) in [6.45, 7) is 4.70. The highest BCUT2D eigenvalue weighted by Crippen LogP contribution is 2.29. The van der Waals surface area contributed by atoms with Crippen molar-refractivity contribution in [3.63, 3.8) is 0 Å². The lowest BCUT2D eigenvalue weighted by Crippen LogP contribution is -2.20. The number of nitrogens with zero attached hydrogens (tertiary/aromatic N) is 4. The third-order valence-electron chi connectivity index (χ3n) is 5.77. The van der Waals surface area contributed by atoms with Crippen LogP contribution in [0.25, 0.3) is 11.1 Å². The summed E-state index contributed by atoms with van der Waals surface area (Å²) in [5.74, 6) is 7.47. The van der Waals surface area contributed by atoms with Crippen LogP contribution in [-0.4, -0.2) is 39.2 Å². The van der Waals surface area contributed by atoms with Crippen LogP contribution in [-0.2, 0) is 6.54 Å². The van der Waals surface area contributed by atoms with E-state index in [1.165, 1.54) is 16.7 Å². The molecule has 2 atom stereocenters. The fraction of sp³-hybridized carbons (Fsp3) is 0.308. The van der Waals surface area contributed by atoms with Crippen LogP contribution >= 0.6 is 0 Å². The Kier molecular flexibility index (Phi) is 6.48. The lowest BCUT2D eigenvalue weighted by Gasteiger charge is -2.13. The van der Waals surface area contributed by atoms with Crippen LogP contribution in [0.2, 0.25) is 0 Å². The fourth-order valence-corrected chi connectivity index (χ4v) is 4.09. The SMILES string of the molecule is CC(O)c1nccn1CC#Cc1ccc(-c2ccc(C3CCN(CC#N)C3)cc2)cc1. The third kappa shape index (κ3) is 5.03. The van der Waals surface area contributed by atoms with Crippen LogP contribution in [0.5, 0.6) is 0 Å². The van der Waals surface area contributed by atoms with E-state index in [0.29, 0.717) is 24.8 Å². The molecule has 4 rings (SSSR count). The second kappa shape index (κ2) is 9.62. The molecule has 0 bridgehead atoms. The van der Waals surface area contributed by atoms with Gasteiger partial charge in [-0.2, -0.15) is 5.26 Å². The van der Waals surface area contributed by atoms with Crippen molar-refractivity contribution in [3.8, 4) is 29.0 Å². The lowest BCUT2D eigenvalue weighted by molar-refractivity contribution is 0.184. The first kappa shape index (κ1) is 20.9. The van der Waals surface area contributed by atoms with Crippen molar-refractivity contribution in [2.45, 2.75) is 31.9 Å². The number of aromatic nitrogens is 2. The van der Waals surface area contributed by atoms with Crippen LogP contribution in [0.15, 0.2) is 60.9 Å². The Morgan fingerprint density at radius 3 is 2.48 bits per heavy atom. The van der Waals surface area contributed by atoms with Gasteiger partial charge in [-0.1, -0.05) is 48.2 Å². The van der Waals surface area contributed by atoms with Crippen molar-refractivity contribution >= 4 is 0 Å². The predicted octanol–water partition coefficient (Wildman–Crippen LogP) is 3.97. The Balaban J connectivity index is 1.38. The second-order valence-electron chi connectivity index (χ2n) is 7.97. The molecular weight excluding hydrogens is 384 g/mol. The largest absolute Gasteiger partial charge is 0.385 e. The summed E-state index contributed by atoms with van der Waals surface area (Å²) < 4.78 is 1.86. The van der Waals surface area contributed by atoms with Crippen molar-refractivity contribution in [2.75, 3.05) is 19.6 Å². The Morgan fingerprint density at radius 1 is 1.10 bits per heavy atom. The van der Waals surface area contributed by atoms with Crippen LogP contribution < -0.4 is 0 Å². The average Bonchev–Trinajstić information content (AvgIpc) is 3.45. The van der Waals surface area contributed by atoms with E-state index in [-0.39, 0.29) is 0 Å². The number of aliphatic hydroxyl groups excluding tert-OH is 1. The molecule has 0 amide bonds. The Bertz CT molecular complexity index is 1110. The number of imidazole rings is 1. The van der Waals surface area contributed by atoms with E-state index in [1.54, 1.807) is 13.1 Å². The van der Waals surface area contributed by atoms with E-state index in [2.05, 4.69) is 64.2 Å². The van der Waals surface area contributed by atoms with Gasteiger partial charge in [-0.15, -0.1) is 0 Å². The van der Waals surface area contributed by atoms with Crippen LogP contribution in [0.3, 0.4) is 0 Å². The highest BCUT2D eigenvalue weighted by Gasteiger charge is 2.23. The maximum atomic E-state index is 9.72. The van der Waals surface area contributed by atoms with Crippen molar-refractivity contribution in [1.29, 1.82) is 5.26 Å². The van der Waals surface area contributed by atoms with Crippen molar-refractivity contribution in [1.82, 2.24) is 14.5 Å². The quantitative estimate of drug-likeness (QED) is 0.511. The number of hydrogen-bond donors (Lipinski definition) is 1. The second-order valence-corrected chi connectivity index (χ2v) is 7.97. The molecule has 31 heavy (non-hydrogen) atoms. The van der Waals surface area contributed by atoms with Crippen molar-refractivity contribution < 1.29 is 5.11 Å². The molecule has 156 valence electrons. The Labute approximate surface area is 183 Å². The van der Waals surface area contributed by atoms with E-state index in [1.807, 2.05) is 22.9 Å². The van der Waals surface area contributed by atoms with Gasteiger partial charge in [-0.05, 0) is 54.6 Å². The zero-order valence-electron chi connectivity index (χ0n) is 17.7. The molecule has 5 nitrogen and oxygen atoms in total. The van der Waals surface area contributed by atoms with Gasteiger partial charge in [-0.3, -0.25) is 4.90 Å². The minimum absolute atomic E-state index is 0.496. The first-order chi connectivity index (χ1) is 15.1. The third-order valence-corrected chi connectivity index (χ3v) is 5.77. The minimum atomic E-state index is -0.604. The van der Waals surface area contributed by atoms with E-state index in [9.17, 15) is 5.11 Å². The molecule has 0 radical (unpaired) electrons. The minimum Gasteiger partial charge on any atom is -0.385 e. The van der Waals surface area contributed by atoms with Gasteiger partial charge in [-0.25, -0.2) is 4.98 Å². The summed E-state index contributed by atoms with van der Waals surface area (Å²) in [5, 5.41) is 18.6. The molecule has 1 saturated heterocycles. The molecule has 0 aliphatic carbocycles. The predicted molar refractivity (Wildman–Crippen MR) is 121 cm³/mol. The number of aliphatic hydroxyl groups is 1. The molecule has 0 spiro atoms. The zero-order valence-corrected chi connectivity index (χ0v) is 17.7. The Hall–Kier alpha value is -3.38. The number of likely N-dealkylation sites (tertiary alicyclic amines) is 1. The smallest absolute Gasteiger partial charge is 0.138 e. The molecule has 2 heterocycles. The maximum absolute atomic E-state index is 9.72. The van der Waals surface area contributed by atoms with Gasteiger partial charge in [0.1, 0.15) is 11.9 Å². The number of nitriles is 1. The van der Waals surface area contributed by atoms with Gasteiger partial charge in [0, 0.05) is 24.5 Å². The van der Waals surface area contributed by atoms with Crippen molar-refractivity contribution in [3.05, 3.63) is 77.9 Å². The topological polar surface area (TPSA) is 65.1 Å². The monoisotopic (exact) mass is 410 g/mol. The van der Waals surface area contributed by atoms with Gasteiger partial charge >= 0.3 is 0 Å². The van der Waals surface area contributed by atoms with Crippen LogP contribution in [0, 0.1) is 23.2 Å². The molecule has 2 aromatic carbocycles. The molecule has 5 heteroatoms. The van der Waals surface area contributed by atoms with E-state index < -0.39 is 6.10 Å². The van der Waals surface area contributed by atoms with Gasteiger partial charge < -0.3 is 9.67 Å². The van der Waals surface area contributed by atoms with Crippen LogP contribution in [0.4, 0.5) is 0 Å². The molecule has 0 saturated carbocycles. The molecule has 1 aliphatic heterocycles. The molecule has 1 fully saturated rings. The molecule has 3 aromatic rings. The molecule has 1 N–H and O–H groups in total. The zero-order chi connectivity index (χ0) is 21.6. The van der Waals surface area contributed by atoms with Gasteiger partial charge in [0.2, 0.25) is 0 Å². The van der Waals surface area contributed by atoms with Crippen LogP contribution in [0.1, 0.15) is 42.3 Å². The average molecular weight is 411 g/mol. The molecule has 1 aliphatic rings. The molecular formula is C26H26N4O. The standard InChI is InChI=1S/C26H26N4O/c1-20(31)26-28-14-18-30(26)15-2-3-21-4-6-22(7-5-21)23-8-10-24(11-9-23)25-12-16-29(19-25)17-13-27/h4-11,14,18,20,25,31H,12,15-17,19H2,1H3. The van der Waals surface area contributed by atoms with E-state index >= 15 is 0 Å². The van der Waals surface area contributed by atoms with E-state index in [4.69, 9.17) is 5.26 Å². The first-order valence-corrected chi connectivity index (χ1v) is 10.6. The maximum Gasteiger partial charge on any atom is 0.138 e. The summed E-state index contributed by atoms with van der Waals surface area (Å²) >= 11 is 0. The highest BCUT2D eigenvalue weighted by molar-refractivity contribution is 5.64.